The Bertz CT molecular complexity index is 326. The molecule has 1 aliphatic rings. The van der Waals surface area contributed by atoms with Crippen LogP contribution in [0, 0.1) is 0 Å². The molecule has 0 saturated carbocycles. The molecular weight excluding hydrogens is 292 g/mol. The number of aldehydes is 1. The lowest BCUT2D eigenvalue weighted by atomic mass is 10.0. The van der Waals surface area contributed by atoms with Crippen LogP contribution in [0.5, 0.6) is 0 Å². The first kappa shape index (κ1) is 18.4. The minimum absolute atomic E-state index is 0.00645. The maximum Gasteiger partial charge on any atom is 0.186 e. The van der Waals surface area contributed by atoms with Crippen LogP contribution < -0.4 is 0 Å². The molecule has 21 heavy (non-hydrogen) atoms. The van der Waals surface area contributed by atoms with Crippen LogP contribution in [0.1, 0.15) is 0 Å². The molecule has 0 spiro atoms. The Morgan fingerprint density at radius 2 is 1.71 bits per heavy atom. The molecule has 0 radical (unpaired) electrons. The van der Waals surface area contributed by atoms with Crippen molar-refractivity contribution < 1.29 is 50.0 Å². The molecule has 1 rings (SSSR count). The van der Waals surface area contributed by atoms with Gasteiger partial charge in [-0.25, -0.2) is 0 Å². The highest BCUT2D eigenvalue weighted by Crippen LogP contribution is 2.22. The van der Waals surface area contributed by atoms with Crippen LogP contribution in [-0.4, -0.2) is 104 Å². The van der Waals surface area contributed by atoms with Gasteiger partial charge in [-0.15, -0.1) is 0 Å². The summed E-state index contributed by atoms with van der Waals surface area (Å²) in [5.74, 6) is 0. The van der Waals surface area contributed by atoms with Crippen LogP contribution in [0.2, 0.25) is 0 Å². The highest BCUT2D eigenvalue weighted by molar-refractivity contribution is 5.56. The Morgan fingerprint density at radius 3 is 2.19 bits per heavy atom. The molecule has 10 nitrogen and oxygen atoms in total. The zero-order valence-corrected chi connectivity index (χ0v) is 11.0. The molecule has 0 bridgehead atoms. The summed E-state index contributed by atoms with van der Waals surface area (Å²) in [7, 11) is 0. The molecule has 1 aliphatic heterocycles. The Morgan fingerprint density at radius 1 is 1.10 bits per heavy atom. The molecule has 0 amide bonds. The van der Waals surface area contributed by atoms with Gasteiger partial charge >= 0.3 is 0 Å². The first-order valence-electron chi connectivity index (χ1n) is 6.25. The maximum absolute atomic E-state index is 10.3. The Balaban J connectivity index is 2.46. The van der Waals surface area contributed by atoms with Crippen molar-refractivity contribution in [1.82, 2.24) is 0 Å². The standard InChI is InChI=1S/C11H20O10/c12-1-4(14)7(16)8(17)5(15)3-20-11-10(19)9(18)6(2-13)21-11/h1,4-11,13-19H,2-3H2/t4-,5+,6-,7+,8-,9-,10+,11?/m0/s1. The predicted molar refractivity (Wildman–Crippen MR) is 63.8 cm³/mol. The van der Waals surface area contributed by atoms with Crippen LogP contribution in [0.4, 0.5) is 0 Å². The van der Waals surface area contributed by atoms with Gasteiger partial charge in [-0.1, -0.05) is 0 Å². The van der Waals surface area contributed by atoms with Gasteiger partial charge in [-0.2, -0.15) is 0 Å². The summed E-state index contributed by atoms with van der Waals surface area (Å²) in [4.78, 5) is 10.3. The molecule has 10 heteroatoms. The highest BCUT2D eigenvalue weighted by atomic mass is 16.7. The molecule has 7 N–H and O–H groups in total. The van der Waals surface area contributed by atoms with Gasteiger partial charge < -0.3 is 50.0 Å². The SMILES string of the molecule is O=C[C@H](O)[C@@H](O)[C@@H](O)[C@H](O)COC1O[C@@H](CO)[C@H](O)[C@H]1O. The van der Waals surface area contributed by atoms with Gasteiger partial charge in [-0.05, 0) is 0 Å². The van der Waals surface area contributed by atoms with E-state index in [1.54, 1.807) is 0 Å². The van der Waals surface area contributed by atoms with E-state index in [2.05, 4.69) is 0 Å². The second-order valence-corrected chi connectivity index (χ2v) is 4.72. The predicted octanol–water partition coefficient (Wildman–Crippen LogP) is -4.92. The van der Waals surface area contributed by atoms with Gasteiger partial charge in [0.1, 0.15) is 42.7 Å². The zero-order chi connectivity index (χ0) is 16.2. The van der Waals surface area contributed by atoms with E-state index in [1.807, 2.05) is 0 Å². The zero-order valence-electron chi connectivity index (χ0n) is 11.0. The van der Waals surface area contributed by atoms with Gasteiger partial charge in [-0.3, -0.25) is 0 Å². The van der Waals surface area contributed by atoms with E-state index < -0.39 is 62.2 Å². The lowest BCUT2D eigenvalue weighted by Gasteiger charge is -2.25. The van der Waals surface area contributed by atoms with E-state index in [0.29, 0.717) is 0 Å². The third kappa shape index (κ3) is 4.39. The van der Waals surface area contributed by atoms with Crippen molar-refractivity contribution in [2.75, 3.05) is 13.2 Å². The van der Waals surface area contributed by atoms with Crippen molar-refractivity contribution in [3.8, 4) is 0 Å². The fourth-order valence-corrected chi connectivity index (χ4v) is 1.81. The average Bonchev–Trinajstić information content (AvgIpc) is 2.77. The van der Waals surface area contributed by atoms with Crippen molar-refractivity contribution in [2.45, 2.75) is 49.0 Å². The third-order valence-corrected chi connectivity index (χ3v) is 3.16. The lowest BCUT2D eigenvalue weighted by molar-refractivity contribution is -0.196. The summed E-state index contributed by atoms with van der Waals surface area (Å²) in [5.41, 5.74) is 0. The number of aliphatic hydroxyl groups is 7. The van der Waals surface area contributed by atoms with Crippen LogP contribution in [0.15, 0.2) is 0 Å². The quantitative estimate of drug-likeness (QED) is 0.215. The minimum Gasteiger partial charge on any atom is -0.394 e. The molecular formula is C11H20O10. The van der Waals surface area contributed by atoms with E-state index in [4.69, 9.17) is 19.7 Å². The van der Waals surface area contributed by atoms with Crippen molar-refractivity contribution in [3.05, 3.63) is 0 Å². The van der Waals surface area contributed by atoms with Gasteiger partial charge in [0.2, 0.25) is 0 Å². The normalized spacial score (nSPS) is 35.2. The minimum atomic E-state index is -1.91. The maximum atomic E-state index is 10.3. The van der Waals surface area contributed by atoms with E-state index in [0.717, 1.165) is 0 Å². The van der Waals surface area contributed by atoms with Crippen LogP contribution in [0.25, 0.3) is 0 Å². The molecule has 1 unspecified atom stereocenters. The van der Waals surface area contributed by atoms with Crippen LogP contribution >= 0.6 is 0 Å². The second-order valence-electron chi connectivity index (χ2n) is 4.72. The largest absolute Gasteiger partial charge is 0.394 e. The molecule has 0 aromatic heterocycles. The van der Waals surface area contributed by atoms with Gasteiger partial charge in [0.25, 0.3) is 0 Å². The summed E-state index contributed by atoms with van der Waals surface area (Å²) in [6.45, 7) is -1.16. The van der Waals surface area contributed by atoms with Crippen LogP contribution in [0.3, 0.4) is 0 Å². The molecule has 1 heterocycles. The summed E-state index contributed by atoms with van der Waals surface area (Å²) in [5, 5.41) is 65.3. The number of carbonyl (C=O) groups excluding carboxylic acids is 1. The first-order valence-corrected chi connectivity index (χ1v) is 6.25. The first-order chi connectivity index (χ1) is 9.83. The number of hydrogen-bond acceptors (Lipinski definition) is 10. The fraction of sp³-hybridized carbons (Fsp3) is 0.909. The van der Waals surface area contributed by atoms with Crippen molar-refractivity contribution >= 4 is 6.29 Å². The summed E-state index contributed by atoms with van der Waals surface area (Å²) in [6.07, 6.45) is -12.6. The molecule has 8 atom stereocenters. The van der Waals surface area contributed by atoms with E-state index in [9.17, 15) is 30.3 Å². The molecule has 0 aromatic carbocycles. The summed E-state index contributed by atoms with van der Waals surface area (Å²) < 4.78 is 9.89. The second kappa shape index (κ2) is 8.08. The van der Waals surface area contributed by atoms with Crippen molar-refractivity contribution in [1.29, 1.82) is 0 Å². The Kier molecular flexibility index (Phi) is 7.06. The Labute approximate surface area is 119 Å². The number of rotatable bonds is 8. The van der Waals surface area contributed by atoms with E-state index in [-0.39, 0.29) is 6.29 Å². The number of carbonyl (C=O) groups is 1. The Hall–Kier alpha value is -0.690. The van der Waals surface area contributed by atoms with Crippen LogP contribution in [-0.2, 0) is 14.3 Å². The van der Waals surface area contributed by atoms with Gasteiger partial charge in [0.05, 0.1) is 13.2 Å². The lowest BCUT2D eigenvalue weighted by Crippen LogP contribution is -2.47. The number of aliphatic hydroxyl groups excluding tert-OH is 7. The molecule has 0 aliphatic carbocycles. The average molecular weight is 312 g/mol. The van der Waals surface area contributed by atoms with Crippen molar-refractivity contribution in [3.63, 3.8) is 0 Å². The third-order valence-electron chi connectivity index (χ3n) is 3.16. The molecule has 124 valence electrons. The van der Waals surface area contributed by atoms with Gasteiger partial charge in [0.15, 0.2) is 12.6 Å². The molecule has 0 aromatic rings. The number of ether oxygens (including phenoxy) is 2. The summed E-state index contributed by atoms with van der Waals surface area (Å²) in [6, 6.07) is 0. The van der Waals surface area contributed by atoms with Gasteiger partial charge in [0, 0.05) is 0 Å². The fourth-order valence-electron chi connectivity index (χ4n) is 1.81. The van der Waals surface area contributed by atoms with Crippen molar-refractivity contribution in [2.24, 2.45) is 0 Å². The molecule has 1 fully saturated rings. The highest BCUT2D eigenvalue weighted by Gasteiger charge is 2.43. The smallest absolute Gasteiger partial charge is 0.186 e. The monoisotopic (exact) mass is 312 g/mol. The molecule has 1 saturated heterocycles. The number of hydrogen-bond donors (Lipinski definition) is 7. The topological polar surface area (TPSA) is 177 Å². The van der Waals surface area contributed by atoms with E-state index >= 15 is 0 Å². The van der Waals surface area contributed by atoms with E-state index in [1.165, 1.54) is 0 Å². The summed E-state index contributed by atoms with van der Waals surface area (Å²) >= 11 is 0.